The molecule has 0 radical (unpaired) electrons. The molecule has 0 bridgehead atoms. The summed E-state index contributed by atoms with van der Waals surface area (Å²) in [6.07, 6.45) is 0.710. The quantitative estimate of drug-likeness (QED) is 0.187. The number of esters is 1. The average molecular weight is 538 g/mol. The van der Waals surface area contributed by atoms with Gasteiger partial charge in [0.05, 0.1) is 37.9 Å². The van der Waals surface area contributed by atoms with Gasteiger partial charge in [0.15, 0.2) is 16.6 Å². The second kappa shape index (κ2) is 11.8. The first-order valence-corrected chi connectivity index (χ1v) is 12.1. The van der Waals surface area contributed by atoms with Gasteiger partial charge in [0.1, 0.15) is 12.4 Å². The molecule has 11 heteroatoms. The van der Waals surface area contributed by atoms with Gasteiger partial charge in [-0.05, 0) is 78.3 Å². The average Bonchev–Trinajstić information content (AvgIpc) is 2.95. The van der Waals surface area contributed by atoms with Crippen LogP contribution in [-0.4, -0.2) is 55.4 Å². The smallest absolute Gasteiger partial charge is 0.337 e. The van der Waals surface area contributed by atoms with Crippen LogP contribution in [0.15, 0.2) is 60.7 Å². The van der Waals surface area contributed by atoms with Gasteiger partial charge in [-0.3, -0.25) is 10.1 Å². The Morgan fingerprint density at radius 1 is 1.05 bits per heavy atom. The molecule has 38 heavy (non-hydrogen) atoms. The summed E-state index contributed by atoms with van der Waals surface area (Å²) in [5, 5.41) is 14.6. The van der Waals surface area contributed by atoms with Crippen molar-refractivity contribution in [3.63, 3.8) is 0 Å². The molecule has 1 N–H and O–H groups in total. The number of hydrogen-bond acceptors (Lipinski definition) is 8. The third-order valence-electron chi connectivity index (χ3n) is 6.28. The number of nitrogens with zero attached hydrogens (tertiary/aromatic N) is 2. The number of anilines is 1. The molecule has 1 unspecified atom stereocenters. The Morgan fingerprint density at radius 2 is 1.71 bits per heavy atom. The van der Waals surface area contributed by atoms with Crippen molar-refractivity contribution < 1.29 is 28.7 Å². The van der Waals surface area contributed by atoms with Crippen LogP contribution in [0.3, 0.4) is 0 Å². The SMILES string of the molecule is COC(=O)c1ccc(OCC2c3cc(OC)c(OC)cc3CCN2C(=S)Nc2ccc([N+](=O)[O-])cc2)cc1. The molecule has 0 aromatic heterocycles. The first kappa shape index (κ1) is 26.7. The lowest BCUT2D eigenvalue weighted by Crippen LogP contribution is -2.44. The van der Waals surface area contributed by atoms with Crippen molar-refractivity contribution >= 4 is 34.7 Å². The lowest BCUT2D eigenvalue weighted by atomic mass is 9.92. The molecular weight excluding hydrogens is 510 g/mol. The van der Waals surface area contributed by atoms with Gasteiger partial charge in [0.25, 0.3) is 5.69 Å². The highest BCUT2D eigenvalue weighted by Gasteiger charge is 2.31. The van der Waals surface area contributed by atoms with E-state index in [1.165, 1.54) is 19.2 Å². The normalized spacial score (nSPS) is 14.2. The summed E-state index contributed by atoms with van der Waals surface area (Å²) in [4.78, 5) is 24.3. The van der Waals surface area contributed by atoms with Crippen molar-refractivity contribution in [1.29, 1.82) is 0 Å². The predicted molar refractivity (Wildman–Crippen MR) is 145 cm³/mol. The molecule has 10 nitrogen and oxygen atoms in total. The fourth-order valence-electron chi connectivity index (χ4n) is 4.29. The van der Waals surface area contributed by atoms with Gasteiger partial charge in [-0.25, -0.2) is 4.79 Å². The van der Waals surface area contributed by atoms with Crippen molar-refractivity contribution in [3.8, 4) is 17.2 Å². The van der Waals surface area contributed by atoms with E-state index in [9.17, 15) is 14.9 Å². The maximum absolute atomic E-state index is 11.8. The summed E-state index contributed by atoms with van der Waals surface area (Å²) in [5.74, 6) is 1.39. The van der Waals surface area contributed by atoms with Gasteiger partial charge < -0.3 is 29.2 Å². The number of benzene rings is 3. The van der Waals surface area contributed by atoms with Gasteiger partial charge in [0, 0.05) is 24.4 Å². The van der Waals surface area contributed by atoms with Crippen molar-refractivity contribution in [2.45, 2.75) is 12.5 Å². The van der Waals surface area contributed by atoms with E-state index in [1.807, 2.05) is 17.0 Å². The van der Waals surface area contributed by atoms with Crippen LogP contribution in [0.5, 0.6) is 17.2 Å². The molecule has 4 rings (SSSR count). The molecule has 0 fully saturated rings. The van der Waals surface area contributed by atoms with Crippen molar-refractivity contribution in [2.75, 3.05) is 39.8 Å². The minimum absolute atomic E-state index is 0.00101. The molecule has 0 saturated heterocycles. The van der Waals surface area contributed by atoms with E-state index in [0.717, 1.165) is 11.1 Å². The van der Waals surface area contributed by atoms with E-state index >= 15 is 0 Å². The summed E-state index contributed by atoms with van der Waals surface area (Å²) in [7, 11) is 4.51. The number of nitro benzene ring substituents is 1. The van der Waals surface area contributed by atoms with Gasteiger partial charge in [-0.2, -0.15) is 0 Å². The Labute approximate surface area is 225 Å². The maximum atomic E-state index is 11.8. The lowest BCUT2D eigenvalue weighted by molar-refractivity contribution is -0.384. The largest absolute Gasteiger partial charge is 0.493 e. The van der Waals surface area contributed by atoms with E-state index in [2.05, 4.69) is 5.32 Å². The summed E-state index contributed by atoms with van der Waals surface area (Å²) in [6.45, 7) is 0.860. The monoisotopic (exact) mass is 537 g/mol. The lowest BCUT2D eigenvalue weighted by Gasteiger charge is -2.39. The fourth-order valence-corrected chi connectivity index (χ4v) is 4.63. The number of hydrogen-bond donors (Lipinski definition) is 1. The fraction of sp³-hybridized carbons (Fsp3) is 0.259. The number of rotatable bonds is 8. The Morgan fingerprint density at radius 3 is 2.32 bits per heavy atom. The minimum Gasteiger partial charge on any atom is -0.493 e. The highest BCUT2D eigenvalue weighted by Crippen LogP contribution is 2.38. The molecule has 0 saturated carbocycles. The van der Waals surface area contributed by atoms with E-state index in [4.69, 9.17) is 31.2 Å². The molecular formula is C27H27N3O7S. The molecule has 3 aromatic rings. The van der Waals surface area contributed by atoms with Crippen LogP contribution < -0.4 is 19.5 Å². The first-order chi connectivity index (χ1) is 18.3. The second-order valence-corrected chi connectivity index (χ2v) is 8.81. The summed E-state index contributed by atoms with van der Waals surface area (Å²) in [5.41, 5.74) is 3.13. The zero-order valence-electron chi connectivity index (χ0n) is 21.1. The highest BCUT2D eigenvalue weighted by molar-refractivity contribution is 7.80. The van der Waals surface area contributed by atoms with Gasteiger partial charge in [0.2, 0.25) is 0 Å². The minimum atomic E-state index is -0.448. The van der Waals surface area contributed by atoms with Gasteiger partial charge in [-0.1, -0.05) is 0 Å². The number of thiocarbonyl (C=S) groups is 1. The van der Waals surface area contributed by atoms with Gasteiger partial charge >= 0.3 is 5.97 Å². The molecule has 3 aromatic carbocycles. The number of carbonyl (C=O) groups is 1. The Kier molecular flexibility index (Phi) is 8.27. The van der Waals surface area contributed by atoms with Crippen molar-refractivity contribution in [3.05, 3.63) is 87.5 Å². The van der Waals surface area contributed by atoms with Crippen LogP contribution in [0.1, 0.15) is 27.5 Å². The molecule has 1 atom stereocenters. The van der Waals surface area contributed by atoms with Crippen molar-refractivity contribution in [1.82, 2.24) is 4.90 Å². The van der Waals surface area contributed by atoms with Crippen molar-refractivity contribution in [2.24, 2.45) is 0 Å². The zero-order chi connectivity index (χ0) is 27.2. The van der Waals surface area contributed by atoms with E-state index in [-0.39, 0.29) is 18.3 Å². The van der Waals surface area contributed by atoms with Crippen LogP contribution in [0.2, 0.25) is 0 Å². The van der Waals surface area contributed by atoms with Crippen LogP contribution >= 0.6 is 12.2 Å². The highest BCUT2D eigenvalue weighted by atomic mass is 32.1. The second-order valence-electron chi connectivity index (χ2n) is 8.43. The third-order valence-corrected chi connectivity index (χ3v) is 6.61. The van der Waals surface area contributed by atoms with Crippen LogP contribution in [-0.2, 0) is 11.2 Å². The Balaban J connectivity index is 1.60. The molecule has 198 valence electrons. The number of ether oxygens (including phenoxy) is 4. The number of carbonyl (C=O) groups excluding carboxylic acids is 1. The zero-order valence-corrected chi connectivity index (χ0v) is 21.9. The van der Waals surface area contributed by atoms with E-state index in [0.29, 0.717) is 46.6 Å². The standard InChI is InChI=1S/C27H27N3O7S/c1-34-24-14-18-12-13-29(27(38)28-19-6-8-20(9-7-19)30(32)33)23(22(18)15-25(24)35-2)16-37-21-10-4-17(5-11-21)26(31)36-3/h4-11,14-15,23H,12-13,16H2,1-3H3,(H,28,38). The Bertz CT molecular complexity index is 1330. The molecule has 0 amide bonds. The molecule has 0 spiro atoms. The number of methoxy groups -OCH3 is 3. The van der Waals surface area contributed by atoms with Crippen LogP contribution in [0.4, 0.5) is 11.4 Å². The number of nitro groups is 1. The number of fused-ring (bicyclic) bond motifs is 1. The van der Waals surface area contributed by atoms with Crippen LogP contribution in [0, 0.1) is 10.1 Å². The first-order valence-electron chi connectivity index (χ1n) is 11.7. The predicted octanol–water partition coefficient (Wildman–Crippen LogP) is 4.77. The maximum Gasteiger partial charge on any atom is 0.337 e. The summed E-state index contributed by atoms with van der Waals surface area (Å²) < 4.78 is 21.9. The number of nitrogens with one attached hydrogen (secondary N) is 1. The molecule has 1 heterocycles. The number of non-ortho nitro benzene ring substituents is 1. The van der Waals surface area contributed by atoms with E-state index < -0.39 is 10.9 Å². The third kappa shape index (κ3) is 5.78. The van der Waals surface area contributed by atoms with Crippen LogP contribution in [0.25, 0.3) is 0 Å². The van der Waals surface area contributed by atoms with Gasteiger partial charge in [-0.15, -0.1) is 0 Å². The Hall–Kier alpha value is -4.38. The topological polar surface area (TPSA) is 112 Å². The molecule has 1 aliphatic heterocycles. The molecule has 1 aliphatic rings. The summed E-state index contributed by atoms with van der Waals surface area (Å²) in [6, 6.07) is 16.4. The van der Waals surface area contributed by atoms with E-state index in [1.54, 1.807) is 50.6 Å². The molecule has 0 aliphatic carbocycles. The summed E-state index contributed by atoms with van der Waals surface area (Å²) >= 11 is 5.76.